The zero-order valence-electron chi connectivity index (χ0n) is 11.9. The number of benzene rings is 2. The lowest BCUT2D eigenvalue weighted by Crippen LogP contribution is -2.23. The van der Waals surface area contributed by atoms with Gasteiger partial charge in [0, 0.05) is 28.1 Å². The van der Waals surface area contributed by atoms with Gasteiger partial charge < -0.3 is 5.32 Å². The van der Waals surface area contributed by atoms with E-state index in [0.29, 0.717) is 22.0 Å². The van der Waals surface area contributed by atoms with Gasteiger partial charge in [0.25, 0.3) is 0 Å². The molecule has 21 heavy (non-hydrogen) atoms. The summed E-state index contributed by atoms with van der Waals surface area (Å²) in [7, 11) is 0. The van der Waals surface area contributed by atoms with Gasteiger partial charge >= 0.3 is 0 Å². The van der Waals surface area contributed by atoms with Crippen molar-refractivity contribution in [3.05, 3.63) is 69.5 Å². The average Bonchev–Trinajstić information content (AvgIpc) is 2.47. The minimum Gasteiger partial charge on any atom is -0.316 e. The van der Waals surface area contributed by atoms with Crippen molar-refractivity contribution in [3.8, 4) is 0 Å². The standard InChI is InChI=1S/C17H18Cl2FN/c1-2-21-11-12(13-6-3-4-7-15(13)18)10-14-16(19)8-5-9-17(14)20/h3-9,12,21H,2,10-11H2,1H3. The smallest absolute Gasteiger partial charge is 0.127 e. The van der Waals surface area contributed by atoms with Crippen LogP contribution < -0.4 is 5.32 Å². The molecule has 0 aromatic heterocycles. The summed E-state index contributed by atoms with van der Waals surface area (Å²) >= 11 is 12.4. The minimum atomic E-state index is -0.268. The SMILES string of the molecule is CCNCC(Cc1c(F)cccc1Cl)c1ccccc1Cl. The third-order valence-corrected chi connectivity index (χ3v) is 4.20. The van der Waals surface area contributed by atoms with E-state index >= 15 is 0 Å². The number of rotatable bonds is 6. The fourth-order valence-corrected chi connectivity index (χ4v) is 2.92. The lowest BCUT2D eigenvalue weighted by Gasteiger charge is -2.20. The Hall–Kier alpha value is -1.09. The monoisotopic (exact) mass is 325 g/mol. The largest absolute Gasteiger partial charge is 0.316 e. The molecule has 1 atom stereocenters. The van der Waals surface area contributed by atoms with Gasteiger partial charge in [0.2, 0.25) is 0 Å². The fourth-order valence-electron chi connectivity index (χ4n) is 2.39. The topological polar surface area (TPSA) is 12.0 Å². The Morgan fingerprint density at radius 2 is 1.76 bits per heavy atom. The van der Waals surface area contributed by atoms with Gasteiger partial charge in [0.15, 0.2) is 0 Å². The number of halogens is 3. The Balaban J connectivity index is 2.31. The zero-order chi connectivity index (χ0) is 15.2. The van der Waals surface area contributed by atoms with Crippen molar-refractivity contribution in [3.63, 3.8) is 0 Å². The van der Waals surface area contributed by atoms with Crippen LogP contribution in [0.2, 0.25) is 10.0 Å². The molecule has 0 heterocycles. The van der Waals surface area contributed by atoms with E-state index in [1.54, 1.807) is 12.1 Å². The Labute approximate surface area is 135 Å². The van der Waals surface area contributed by atoms with Gasteiger partial charge in [-0.3, -0.25) is 0 Å². The maximum absolute atomic E-state index is 14.0. The van der Waals surface area contributed by atoms with Gasteiger partial charge in [-0.1, -0.05) is 54.4 Å². The van der Waals surface area contributed by atoms with E-state index in [4.69, 9.17) is 23.2 Å². The lowest BCUT2D eigenvalue weighted by atomic mass is 9.91. The molecule has 112 valence electrons. The van der Waals surface area contributed by atoms with E-state index in [2.05, 4.69) is 5.32 Å². The van der Waals surface area contributed by atoms with Crippen molar-refractivity contribution in [1.82, 2.24) is 5.32 Å². The molecule has 1 N–H and O–H groups in total. The predicted octanol–water partition coefficient (Wildman–Crippen LogP) is 5.07. The molecule has 0 saturated heterocycles. The summed E-state index contributed by atoms with van der Waals surface area (Å²) in [6.07, 6.45) is 0.516. The minimum absolute atomic E-state index is 0.0769. The van der Waals surface area contributed by atoms with Crippen molar-refractivity contribution in [2.24, 2.45) is 0 Å². The van der Waals surface area contributed by atoms with E-state index in [0.717, 1.165) is 18.7 Å². The summed E-state index contributed by atoms with van der Waals surface area (Å²) in [4.78, 5) is 0. The maximum Gasteiger partial charge on any atom is 0.127 e. The first-order chi connectivity index (χ1) is 10.1. The molecule has 0 bridgehead atoms. The molecule has 0 aliphatic carbocycles. The Bertz CT molecular complexity index is 581. The first-order valence-electron chi connectivity index (χ1n) is 7.01. The quantitative estimate of drug-likeness (QED) is 0.782. The highest BCUT2D eigenvalue weighted by Crippen LogP contribution is 2.30. The molecular formula is C17H18Cl2FN. The number of hydrogen-bond acceptors (Lipinski definition) is 1. The molecule has 2 rings (SSSR count). The average molecular weight is 326 g/mol. The molecule has 2 aromatic carbocycles. The van der Waals surface area contributed by atoms with Crippen molar-refractivity contribution >= 4 is 23.2 Å². The summed E-state index contributed by atoms with van der Waals surface area (Å²) in [6.45, 7) is 3.62. The van der Waals surface area contributed by atoms with Crippen LogP contribution in [0, 0.1) is 5.82 Å². The molecule has 4 heteroatoms. The maximum atomic E-state index is 14.0. The van der Waals surface area contributed by atoms with Gasteiger partial charge in [-0.05, 0) is 36.7 Å². The molecule has 0 aliphatic heterocycles. The molecule has 0 radical (unpaired) electrons. The van der Waals surface area contributed by atoms with Gasteiger partial charge in [-0.25, -0.2) is 4.39 Å². The second kappa shape index (κ2) is 7.79. The highest BCUT2D eigenvalue weighted by molar-refractivity contribution is 6.31. The van der Waals surface area contributed by atoms with E-state index in [1.807, 2.05) is 31.2 Å². The van der Waals surface area contributed by atoms with E-state index in [1.165, 1.54) is 6.07 Å². The lowest BCUT2D eigenvalue weighted by molar-refractivity contribution is 0.562. The fraction of sp³-hybridized carbons (Fsp3) is 0.294. The summed E-state index contributed by atoms with van der Waals surface area (Å²) in [6, 6.07) is 12.5. The molecule has 0 saturated carbocycles. The molecule has 2 aromatic rings. The van der Waals surface area contributed by atoms with Crippen LogP contribution in [0.25, 0.3) is 0 Å². The highest BCUT2D eigenvalue weighted by atomic mass is 35.5. The number of likely N-dealkylation sites (N-methyl/N-ethyl adjacent to an activating group) is 1. The summed E-state index contributed by atoms with van der Waals surface area (Å²) in [5, 5.41) is 4.47. The van der Waals surface area contributed by atoms with E-state index in [-0.39, 0.29) is 11.7 Å². The van der Waals surface area contributed by atoms with Gasteiger partial charge in [-0.15, -0.1) is 0 Å². The molecule has 0 aliphatic rings. The second-order valence-corrected chi connectivity index (χ2v) is 5.74. The van der Waals surface area contributed by atoms with Crippen molar-refractivity contribution < 1.29 is 4.39 Å². The van der Waals surface area contributed by atoms with Crippen molar-refractivity contribution in [2.45, 2.75) is 19.3 Å². The molecule has 1 nitrogen and oxygen atoms in total. The van der Waals surface area contributed by atoms with Crippen molar-refractivity contribution in [1.29, 1.82) is 0 Å². The highest BCUT2D eigenvalue weighted by Gasteiger charge is 2.18. The van der Waals surface area contributed by atoms with Crippen LogP contribution >= 0.6 is 23.2 Å². The first-order valence-corrected chi connectivity index (χ1v) is 7.77. The second-order valence-electron chi connectivity index (χ2n) is 4.93. The van der Waals surface area contributed by atoms with E-state index < -0.39 is 0 Å². The van der Waals surface area contributed by atoms with Crippen LogP contribution in [0.4, 0.5) is 4.39 Å². The van der Waals surface area contributed by atoms with Crippen LogP contribution in [0.1, 0.15) is 24.0 Å². The number of nitrogens with one attached hydrogen (secondary N) is 1. The Morgan fingerprint density at radius 1 is 1.05 bits per heavy atom. The summed E-state index contributed by atoms with van der Waals surface area (Å²) < 4.78 is 14.0. The van der Waals surface area contributed by atoms with Gasteiger partial charge in [-0.2, -0.15) is 0 Å². The molecule has 0 spiro atoms. The van der Waals surface area contributed by atoms with E-state index in [9.17, 15) is 4.39 Å². The van der Waals surface area contributed by atoms with Gasteiger partial charge in [0.05, 0.1) is 0 Å². The molecule has 0 fully saturated rings. The third kappa shape index (κ3) is 4.19. The Kier molecular flexibility index (Phi) is 6.04. The van der Waals surface area contributed by atoms with Crippen LogP contribution in [-0.4, -0.2) is 13.1 Å². The Morgan fingerprint density at radius 3 is 2.43 bits per heavy atom. The predicted molar refractivity (Wildman–Crippen MR) is 87.9 cm³/mol. The van der Waals surface area contributed by atoms with Crippen LogP contribution in [0.5, 0.6) is 0 Å². The zero-order valence-corrected chi connectivity index (χ0v) is 13.4. The molecule has 0 amide bonds. The summed E-state index contributed by atoms with van der Waals surface area (Å²) in [5.41, 5.74) is 1.56. The molecule has 1 unspecified atom stereocenters. The van der Waals surface area contributed by atoms with Gasteiger partial charge in [0.1, 0.15) is 5.82 Å². The summed E-state index contributed by atoms with van der Waals surface area (Å²) in [5.74, 6) is -0.191. The normalized spacial score (nSPS) is 12.4. The van der Waals surface area contributed by atoms with Crippen LogP contribution in [0.3, 0.4) is 0 Å². The molecular weight excluding hydrogens is 308 g/mol. The van der Waals surface area contributed by atoms with Crippen LogP contribution in [-0.2, 0) is 6.42 Å². The van der Waals surface area contributed by atoms with Crippen molar-refractivity contribution in [2.75, 3.05) is 13.1 Å². The third-order valence-electron chi connectivity index (χ3n) is 3.50. The first kappa shape index (κ1) is 16.3. The van der Waals surface area contributed by atoms with Crippen LogP contribution in [0.15, 0.2) is 42.5 Å². The number of hydrogen-bond donors (Lipinski definition) is 1.